The van der Waals surface area contributed by atoms with E-state index in [0.717, 1.165) is 6.54 Å². The van der Waals surface area contributed by atoms with E-state index >= 15 is 0 Å². The van der Waals surface area contributed by atoms with Crippen LogP contribution in [0.2, 0.25) is 0 Å². The van der Waals surface area contributed by atoms with Crippen LogP contribution in [0.5, 0.6) is 0 Å². The second-order valence-electron chi connectivity index (χ2n) is 2.56. The monoisotopic (exact) mass is 252 g/mol. The first-order chi connectivity index (χ1) is 4.20. The molecule has 0 aromatic carbocycles. The van der Waals surface area contributed by atoms with E-state index in [1.807, 2.05) is 0 Å². The second kappa shape index (κ2) is 3.95. The van der Waals surface area contributed by atoms with Gasteiger partial charge in [0.2, 0.25) is 0 Å². The molecule has 0 aromatic rings. The van der Waals surface area contributed by atoms with Gasteiger partial charge in [0.05, 0.1) is 12.7 Å². The molecule has 3 heteroatoms. The van der Waals surface area contributed by atoms with Crippen molar-refractivity contribution in [3.8, 4) is 0 Å². The van der Waals surface area contributed by atoms with Gasteiger partial charge in [0, 0.05) is 14.0 Å². The smallest absolute Gasteiger partial charge is 0.184 e. The Hall–Kier alpha value is -0.0600. The van der Waals surface area contributed by atoms with Gasteiger partial charge >= 0.3 is 0 Å². The van der Waals surface area contributed by atoms with Crippen molar-refractivity contribution in [1.82, 2.24) is 4.90 Å². The predicted octanol–water partition coefficient (Wildman–Crippen LogP) is -2.49. The minimum atomic E-state index is 0. The summed E-state index contributed by atoms with van der Waals surface area (Å²) in [6.07, 6.45) is 4.14. The summed E-state index contributed by atoms with van der Waals surface area (Å²) in [5.41, 5.74) is 1.39. The standard InChI is InChI=1S/C7H13N2.HI/c1-7-6-8(2)4-5-9(7)3;/h4-5H,6H2,1-3H3;1H/q+1;/p-1. The van der Waals surface area contributed by atoms with Gasteiger partial charge in [0.1, 0.15) is 7.05 Å². The van der Waals surface area contributed by atoms with E-state index in [0.29, 0.717) is 0 Å². The summed E-state index contributed by atoms with van der Waals surface area (Å²) in [6, 6.07) is 0. The van der Waals surface area contributed by atoms with Crippen molar-refractivity contribution in [1.29, 1.82) is 0 Å². The van der Waals surface area contributed by atoms with Crippen LogP contribution in [0.15, 0.2) is 12.4 Å². The molecule has 0 radical (unpaired) electrons. The average Bonchev–Trinajstić information content (AvgIpc) is 1.80. The molecule has 0 saturated carbocycles. The van der Waals surface area contributed by atoms with E-state index in [1.54, 1.807) is 0 Å². The van der Waals surface area contributed by atoms with E-state index in [2.05, 4.69) is 42.9 Å². The van der Waals surface area contributed by atoms with Crippen LogP contribution in [0.25, 0.3) is 0 Å². The fourth-order valence-corrected chi connectivity index (χ4v) is 0.866. The van der Waals surface area contributed by atoms with E-state index in [4.69, 9.17) is 0 Å². The number of nitrogens with zero attached hydrogens (tertiary/aromatic N) is 2. The molecule has 1 aliphatic heterocycles. The lowest BCUT2D eigenvalue weighted by Gasteiger charge is -2.14. The van der Waals surface area contributed by atoms with Crippen LogP contribution in [0.1, 0.15) is 6.92 Å². The zero-order valence-corrected chi connectivity index (χ0v) is 8.79. The summed E-state index contributed by atoms with van der Waals surface area (Å²) in [6.45, 7) is 3.19. The molecule has 10 heavy (non-hydrogen) atoms. The van der Waals surface area contributed by atoms with E-state index in [9.17, 15) is 0 Å². The number of rotatable bonds is 0. The Labute approximate surface area is 79.2 Å². The van der Waals surface area contributed by atoms with Crippen molar-refractivity contribution < 1.29 is 28.6 Å². The molecule has 1 aliphatic rings. The summed E-state index contributed by atoms with van der Waals surface area (Å²) in [4.78, 5) is 2.16. The van der Waals surface area contributed by atoms with Crippen LogP contribution < -0.4 is 24.0 Å². The fourth-order valence-electron chi connectivity index (χ4n) is 0.866. The average molecular weight is 252 g/mol. The highest BCUT2D eigenvalue weighted by Crippen LogP contribution is 1.93. The summed E-state index contributed by atoms with van der Waals surface area (Å²) in [5.74, 6) is 0. The molecule has 0 amide bonds. The lowest BCUT2D eigenvalue weighted by molar-refractivity contribution is -0.427. The van der Waals surface area contributed by atoms with Crippen molar-refractivity contribution >= 4 is 5.71 Å². The molecule has 58 valence electrons. The van der Waals surface area contributed by atoms with Gasteiger partial charge in [-0.25, -0.2) is 4.58 Å². The Bertz CT molecular complexity index is 172. The lowest BCUT2D eigenvalue weighted by atomic mass is 10.3. The minimum Gasteiger partial charge on any atom is -1.00 e. The number of hydrogen-bond acceptors (Lipinski definition) is 1. The Balaban J connectivity index is 0.000000810. The van der Waals surface area contributed by atoms with E-state index in [-0.39, 0.29) is 24.0 Å². The molecule has 0 aliphatic carbocycles. The van der Waals surface area contributed by atoms with Gasteiger partial charge in [-0.2, -0.15) is 0 Å². The summed E-state index contributed by atoms with van der Waals surface area (Å²) >= 11 is 0. The molecule has 0 fully saturated rings. The third-order valence-electron chi connectivity index (χ3n) is 1.63. The van der Waals surface area contributed by atoms with Gasteiger partial charge in [-0.15, -0.1) is 0 Å². The number of halogens is 1. The number of hydrogen-bond donors (Lipinski definition) is 0. The third-order valence-corrected chi connectivity index (χ3v) is 1.63. The van der Waals surface area contributed by atoms with Crippen LogP contribution in [-0.4, -0.2) is 35.8 Å². The molecule has 1 heterocycles. The molecule has 0 aromatic heterocycles. The summed E-state index contributed by atoms with van der Waals surface area (Å²) in [7, 11) is 4.14. The zero-order chi connectivity index (χ0) is 6.85. The molecule has 0 atom stereocenters. The van der Waals surface area contributed by atoms with Gasteiger partial charge in [-0.1, -0.05) is 0 Å². The third kappa shape index (κ3) is 2.28. The molecule has 0 unspecified atom stereocenters. The lowest BCUT2D eigenvalue weighted by Crippen LogP contribution is -3.00. The maximum atomic E-state index is 2.16. The van der Waals surface area contributed by atoms with Gasteiger partial charge in [0.15, 0.2) is 11.9 Å². The normalized spacial score (nSPS) is 17.3. The molecule has 0 spiro atoms. The van der Waals surface area contributed by atoms with E-state index in [1.165, 1.54) is 5.71 Å². The highest BCUT2D eigenvalue weighted by Gasteiger charge is 2.08. The topological polar surface area (TPSA) is 6.25 Å². The fraction of sp³-hybridized carbons (Fsp3) is 0.571. The summed E-state index contributed by atoms with van der Waals surface area (Å²) < 4.78 is 2.14. The molecule has 0 saturated heterocycles. The van der Waals surface area contributed by atoms with Crippen LogP contribution in [0, 0.1) is 0 Å². The highest BCUT2D eigenvalue weighted by atomic mass is 127. The first kappa shape index (κ1) is 9.94. The SMILES string of the molecule is CC1=[N+](C)C=CN(C)C1.[I-]. The molecule has 1 rings (SSSR count). The van der Waals surface area contributed by atoms with Gasteiger partial charge in [-0.05, 0) is 0 Å². The van der Waals surface area contributed by atoms with Gasteiger partial charge < -0.3 is 28.9 Å². The maximum Gasteiger partial charge on any atom is 0.184 e. The Morgan fingerprint density at radius 1 is 1.60 bits per heavy atom. The highest BCUT2D eigenvalue weighted by molar-refractivity contribution is 5.79. The molecule has 2 nitrogen and oxygen atoms in total. The predicted molar refractivity (Wildman–Crippen MR) is 38.6 cm³/mol. The van der Waals surface area contributed by atoms with Crippen LogP contribution in [0.3, 0.4) is 0 Å². The van der Waals surface area contributed by atoms with Crippen molar-refractivity contribution in [2.75, 3.05) is 20.6 Å². The molecular formula is C7H13IN2. The largest absolute Gasteiger partial charge is 1.00 e. The van der Waals surface area contributed by atoms with Crippen molar-refractivity contribution in [2.45, 2.75) is 6.92 Å². The first-order valence-electron chi connectivity index (χ1n) is 3.14. The van der Waals surface area contributed by atoms with Gasteiger partial charge in [0.25, 0.3) is 0 Å². The first-order valence-corrected chi connectivity index (χ1v) is 3.14. The van der Waals surface area contributed by atoms with E-state index < -0.39 is 0 Å². The molecular weight excluding hydrogens is 239 g/mol. The Morgan fingerprint density at radius 3 is 2.60 bits per heavy atom. The van der Waals surface area contributed by atoms with Crippen molar-refractivity contribution in [3.05, 3.63) is 12.4 Å². The zero-order valence-electron chi connectivity index (χ0n) is 6.63. The van der Waals surface area contributed by atoms with Crippen molar-refractivity contribution in [2.24, 2.45) is 0 Å². The molecule has 0 bridgehead atoms. The van der Waals surface area contributed by atoms with Crippen LogP contribution >= 0.6 is 0 Å². The maximum absolute atomic E-state index is 2.16. The Kier molecular flexibility index (Phi) is 3.93. The van der Waals surface area contributed by atoms with Crippen LogP contribution in [-0.2, 0) is 0 Å². The minimum absolute atomic E-state index is 0. The van der Waals surface area contributed by atoms with Crippen molar-refractivity contribution in [3.63, 3.8) is 0 Å². The van der Waals surface area contributed by atoms with Crippen LogP contribution in [0.4, 0.5) is 0 Å². The second-order valence-corrected chi connectivity index (χ2v) is 2.56. The Morgan fingerprint density at radius 2 is 2.20 bits per heavy atom. The quantitative estimate of drug-likeness (QED) is 0.341. The van der Waals surface area contributed by atoms with Gasteiger partial charge in [-0.3, -0.25) is 0 Å². The summed E-state index contributed by atoms with van der Waals surface area (Å²) in [5, 5.41) is 0. The molecule has 0 N–H and O–H groups in total.